The fourth-order valence-corrected chi connectivity index (χ4v) is 4.62. The molecule has 0 saturated heterocycles. The average Bonchev–Trinajstić information content (AvgIpc) is 3.31. The number of nitrogens with zero attached hydrogens (tertiary/aromatic N) is 2. The molecule has 0 bridgehead atoms. The van der Waals surface area contributed by atoms with Gasteiger partial charge < -0.3 is 14.6 Å². The van der Waals surface area contributed by atoms with Gasteiger partial charge in [-0.3, -0.25) is 9.59 Å². The van der Waals surface area contributed by atoms with Gasteiger partial charge in [0, 0.05) is 36.1 Å². The zero-order chi connectivity index (χ0) is 25.1. The van der Waals surface area contributed by atoms with Crippen LogP contribution in [0.15, 0.2) is 96.5 Å². The van der Waals surface area contributed by atoms with Crippen LogP contribution in [0.2, 0.25) is 0 Å². The van der Waals surface area contributed by atoms with Crippen LogP contribution in [0.25, 0.3) is 0 Å². The predicted molar refractivity (Wildman–Crippen MR) is 136 cm³/mol. The van der Waals surface area contributed by atoms with Gasteiger partial charge in [0.2, 0.25) is 5.90 Å². The second-order valence-electron chi connectivity index (χ2n) is 8.65. The minimum Gasteiger partial charge on any atom is -0.494 e. The molecule has 7 nitrogen and oxygen atoms in total. The number of para-hydroxylation sites is 1. The summed E-state index contributed by atoms with van der Waals surface area (Å²) in [5, 5.41) is 8.94. The highest BCUT2D eigenvalue weighted by Gasteiger charge is 2.59. The van der Waals surface area contributed by atoms with Crippen LogP contribution in [-0.4, -0.2) is 41.6 Å². The minimum absolute atomic E-state index is 0.0643. The Bertz CT molecular complexity index is 1320. The summed E-state index contributed by atoms with van der Waals surface area (Å²) in [5.74, 6) is 0.118. The van der Waals surface area contributed by atoms with E-state index in [9.17, 15) is 9.59 Å². The quantitative estimate of drug-likeness (QED) is 0.291. The first-order chi connectivity index (χ1) is 17.6. The van der Waals surface area contributed by atoms with Gasteiger partial charge in [-0.25, -0.2) is 9.89 Å². The minimum atomic E-state index is -1.35. The van der Waals surface area contributed by atoms with Crippen molar-refractivity contribution in [2.24, 2.45) is 4.99 Å². The number of anilines is 1. The molecule has 0 aliphatic carbocycles. The smallest absolute Gasteiger partial charge is 0.266 e. The molecule has 36 heavy (non-hydrogen) atoms. The molecule has 0 fully saturated rings. The molecule has 182 valence electrons. The molecule has 2 aliphatic heterocycles. The Balaban J connectivity index is 1.55. The number of imide groups is 1. The molecule has 3 aromatic carbocycles. The summed E-state index contributed by atoms with van der Waals surface area (Å²) in [6.45, 7) is 4.33. The Morgan fingerprint density at radius 1 is 1.08 bits per heavy atom. The maximum atomic E-state index is 14.1. The number of fused-ring (bicyclic) bond motifs is 3. The lowest BCUT2D eigenvalue weighted by atomic mass is 9.79. The van der Waals surface area contributed by atoms with Crippen molar-refractivity contribution < 1.29 is 24.2 Å². The molecule has 2 atom stereocenters. The van der Waals surface area contributed by atoms with Crippen LogP contribution in [0, 0.1) is 0 Å². The third kappa shape index (κ3) is 3.97. The number of benzene rings is 3. The van der Waals surface area contributed by atoms with Gasteiger partial charge in [-0.1, -0.05) is 42.5 Å². The highest BCUT2D eigenvalue weighted by Crippen LogP contribution is 2.50. The molecule has 1 N–H and O–H groups in total. The van der Waals surface area contributed by atoms with E-state index in [1.54, 1.807) is 54.6 Å². The number of aliphatic hydroxyl groups excluding tert-OH is 1. The fraction of sp³-hybridized carbons (Fsp3) is 0.207. The Kier molecular flexibility index (Phi) is 6.40. The number of hydrogen-bond donors (Lipinski definition) is 1. The number of amides is 2. The SMILES string of the molecule is C=CC[C@@]12N=C(c3ccc(OCCCO)cc3)O[C@@H]1c1ccccc1N(C(=O)c1ccccc1)C2=O. The van der Waals surface area contributed by atoms with Gasteiger partial charge in [-0.2, -0.15) is 0 Å². The van der Waals surface area contributed by atoms with E-state index in [-0.39, 0.29) is 13.0 Å². The molecule has 2 amide bonds. The predicted octanol–water partition coefficient (Wildman–Crippen LogP) is 4.47. The van der Waals surface area contributed by atoms with Crippen LogP contribution >= 0.6 is 0 Å². The van der Waals surface area contributed by atoms with E-state index in [4.69, 9.17) is 19.6 Å². The molecule has 3 aromatic rings. The zero-order valence-electron chi connectivity index (χ0n) is 19.7. The Labute approximate surface area is 209 Å². The number of aliphatic imine (C=N–C) groups is 1. The van der Waals surface area contributed by atoms with E-state index in [0.717, 1.165) is 0 Å². The van der Waals surface area contributed by atoms with Crippen molar-refractivity contribution in [3.05, 3.63) is 108 Å². The molecule has 0 spiro atoms. The van der Waals surface area contributed by atoms with Gasteiger partial charge >= 0.3 is 0 Å². The summed E-state index contributed by atoms with van der Waals surface area (Å²) in [5.41, 5.74) is 0.948. The molecule has 2 aliphatic rings. The Morgan fingerprint density at radius 2 is 1.81 bits per heavy atom. The van der Waals surface area contributed by atoms with Crippen LogP contribution in [0.1, 0.15) is 40.4 Å². The first-order valence-corrected chi connectivity index (χ1v) is 11.8. The Hall–Kier alpha value is -4.23. The summed E-state index contributed by atoms with van der Waals surface area (Å²) in [6.07, 6.45) is 1.69. The highest BCUT2D eigenvalue weighted by atomic mass is 16.5. The van der Waals surface area contributed by atoms with Crippen molar-refractivity contribution in [3.63, 3.8) is 0 Å². The topological polar surface area (TPSA) is 88.4 Å². The average molecular weight is 483 g/mol. The van der Waals surface area contributed by atoms with Crippen LogP contribution in [0.4, 0.5) is 5.69 Å². The van der Waals surface area contributed by atoms with Gasteiger partial charge in [0.05, 0.1) is 12.3 Å². The summed E-state index contributed by atoms with van der Waals surface area (Å²) in [6, 6.07) is 23.2. The Morgan fingerprint density at radius 3 is 2.53 bits per heavy atom. The van der Waals surface area contributed by atoms with Gasteiger partial charge in [-0.15, -0.1) is 6.58 Å². The summed E-state index contributed by atoms with van der Waals surface area (Å²) < 4.78 is 12.0. The molecular weight excluding hydrogens is 456 g/mol. The first kappa shape index (κ1) is 23.5. The number of hydrogen-bond acceptors (Lipinski definition) is 6. The molecule has 0 saturated carbocycles. The van der Waals surface area contributed by atoms with Crippen molar-refractivity contribution in [3.8, 4) is 5.75 Å². The molecule has 5 rings (SSSR count). The maximum Gasteiger partial charge on any atom is 0.266 e. The van der Waals surface area contributed by atoms with Crippen molar-refractivity contribution in [1.82, 2.24) is 0 Å². The second-order valence-corrected chi connectivity index (χ2v) is 8.65. The third-order valence-corrected chi connectivity index (χ3v) is 6.35. The number of rotatable bonds is 8. The largest absolute Gasteiger partial charge is 0.494 e. The summed E-state index contributed by atoms with van der Waals surface area (Å²) in [4.78, 5) is 33.7. The van der Waals surface area contributed by atoms with E-state index in [1.807, 2.05) is 30.3 Å². The van der Waals surface area contributed by atoms with Gasteiger partial charge in [0.25, 0.3) is 11.8 Å². The molecule has 0 aromatic heterocycles. The standard InChI is InChI=1S/C29H26N2O5/c1-2-17-29-25(36-26(30-29)20-13-15-22(16-14-20)35-19-8-18-32)23-11-6-7-12-24(23)31(28(29)34)27(33)21-9-4-3-5-10-21/h2-7,9-16,25,32H,1,8,17-19H2/t25-,29-/m1/s1. The van der Waals surface area contributed by atoms with Crippen molar-refractivity contribution in [2.45, 2.75) is 24.5 Å². The van der Waals surface area contributed by atoms with Crippen LogP contribution in [-0.2, 0) is 9.53 Å². The summed E-state index contributed by atoms with van der Waals surface area (Å²) >= 11 is 0. The molecule has 0 radical (unpaired) electrons. The van der Waals surface area contributed by atoms with Gasteiger partial charge in [-0.05, 0) is 42.5 Å². The van der Waals surface area contributed by atoms with E-state index in [2.05, 4.69) is 6.58 Å². The normalized spacial score (nSPS) is 20.1. The molecule has 2 heterocycles. The molecule has 0 unspecified atom stereocenters. The van der Waals surface area contributed by atoms with Crippen LogP contribution in [0.3, 0.4) is 0 Å². The lowest BCUT2D eigenvalue weighted by Crippen LogP contribution is -2.56. The second kappa shape index (κ2) is 9.79. The molecular formula is C29H26N2O5. The molecule has 7 heteroatoms. The lowest BCUT2D eigenvalue weighted by molar-refractivity contribution is -0.126. The van der Waals surface area contributed by atoms with E-state index in [1.165, 1.54) is 4.90 Å². The van der Waals surface area contributed by atoms with E-state index < -0.39 is 23.5 Å². The summed E-state index contributed by atoms with van der Waals surface area (Å²) in [7, 11) is 0. The fourth-order valence-electron chi connectivity index (χ4n) is 4.62. The number of aliphatic hydroxyl groups is 1. The lowest BCUT2D eigenvalue weighted by Gasteiger charge is -2.40. The highest BCUT2D eigenvalue weighted by molar-refractivity contribution is 6.26. The van der Waals surface area contributed by atoms with Crippen molar-refractivity contribution in [1.29, 1.82) is 0 Å². The zero-order valence-corrected chi connectivity index (χ0v) is 19.7. The van der Waals surface area contributed by atoms with Crippen molar-refractivity contribution >= 4 is 23.4 Å². The maximum absolute atomic E-state index is 14.1. The van der Waals surface area contributed by atoms with Gasteiger partial charge in [0.15, 0.2) is 11.6 Å². The number of carbonyl (C=O) groups is 2. The van der Waals surface area contributed by atoms with Crippen LogP contribution < -0.4 is 9.64 Å². The first-order valence-electron chi connectivity index (χ1n) is 11.8. The van der Waals surface area contributed by atoms with Crippen LogP contribution in [0.5, 0.6) is 5.75 Å². The monoisotopic (exact) mass is 482 g/mol. The van der Waals surface area contributed by atoms with Crippen molar-refractivity contribution in [2.75, 3.05) is 18.1 Å². The van der Waals surface area contributed by atoms with E-state index in [0.29, 0.717) is 47.1 Å². The number of ether oxygens (including phenoxy) is 2. The van der Waals surface area contributed by atoms with E-state index >= 15 is 0 Å². The van der Waals surface area contributed by atoms with Gasteiger partial charge in [0.1, 0.15) is 5.75 Å². The number of carbonyl (C=O) groups excluding carboxylic acids is 2. The third-order valence-electron chi connectivity index (χ3n) is 6.35.